The highest BCUT2D eigenvalue weighted by Crippen LogP contribution is 2.17. The maximum absolute atomic E-state index is 13.0. The molecule has 0 saturated heterocycles. The summed E-state index contributed by atoms with van der Waals surface area (Å²) >= 11 is 11.4. The van der Waals surface area contributed by atoms with E-state index in [1.54, 1.807) is 0 Å². The van der Waals surface area contributed by atoms with Crippen LogP contribution in [0.15, 0.2) is 36.4 Å². The molecule has 1 amide bonds. The van der Waals surface area contributed by atoms with Gasteiger partial charge in [-0.2, -0.15) is 0 Å². The van der Waals surface area contributed by atoms with Crippen molar-refractivity contribution in [2.75, 3.05) is 6.61 Å². The number of ether oxygens (including phenoxy) is 1. The third-order valence-electron chi connectivity index (χ3n) is 2.98. The van der Waals surface area contributed by atoms with Crippen molar-refractivity contribution in [1.29, 1.82) is 0 Å². The van der Waals surface area contributed by atoms with Crippen molar-refractivity contribution in [2.45, 2.75) is 6.54 Å². The highest BCUT2D eigenvalue weighted by atomic mass is 35.5. The van der Waals surface area contributed by atoms with Gasteiger partial charge in [-0.25, -0.2) is 13.6 Å². The molecular formula is C16H11Cl2F2NO3. The van der Waals surface area contributed by atoms with Gasteiger partial charge in [0.15, 0.2) is 6.61 Å². The standard InChI is InChI=1S/C16H11Cl2F2NO3/c17-12-6-11(19)3-1-10(12)7-21-15(22)8-24-16(23)9-2-4-14(20)13(18)5-9/h1-6H,7-8H2,(H,21,22). The Hall–Kier alpha value is -2.18. The van der Waals surface area contributed by atoms with Gasteiger partial charge in [-0.3, -0.25) is 4.79 Å². The second kappa shape index (κ2) is 8.08. The second-order valence-corrected chi connectivity index (χ2v) is 5.53. The molecule has 0 aliphatic heterocycles. The quantitative estimate of drug-likeness (QED) is 0.812. The second-order valence-electron chi connectivity index (χ2n) is 4.72. The molecule has 0 fully saturated rings. The molecule has 2 aromatic rings. The summed E-state index contributed by atoms with van der Waals surface area (Å²) < 4.78 is 30.7. The number of rotatable bonds is 5. The first-order valence-corrected chi connectivity index (χ1v) is 7.45. The summed E-state index contributed by atoms with van der Waals surface area (Å²) in [6.07, 6.45) is 0. The van der Waals surface area contributed by atoms with Gasteiger partial charge < -0.3 is 10.1 Å². The maximum atomic E-state index is 13.0. The molecule has 0 aliphatic rings. The molecule has 0 bridgehead atoms. The lowest BCUT2D eigenvalue weighted by Gasteiger charge is -2.08. The number of carbonyl (C=O) groups is 2. The zero-order chi connectivity index (χ0) is 17.7. The largest absolute Gasteiger partial charge is 0.452 e. The first-order valence-electron chi connectivity index (χ1n) is 6.69. The minimum atomic E-state index is -0.813. The number of amides is 1. The summed E-state index contributed by atoms with van der Waals surface area (Å²) in [5.41, 5.74) is 0.541. The first-order chi connectivity index (χ1) is 11.4. The Morgan fingerprint density at radius 3 is 2.46 bits per heavy atom. The summed E-state index contributed by atoms with van der Waals surface area (Å²) in [6, 6.07) is 7.10. The van der Waals surface area contributed by atoms with Gasteiger partial charge in [-0.1, -0.05) is 29.3 Å². The highest BCUT2D eigenvalue weighted by Gasteiger charge is 2.12. The van der Waals surface area contributed by atoms with Crippen molar-refractivity contribution in [3.05, 3.63) is 69.2 Å². The number of hydrogen-bond donors (Lipinski definition) is 1. The maximum Gasteiger partial charge on any atom is 0.338 e. The molecule has 2 aromatic carbocycles. The number of nitrogens with one attached hydrogen (secondary N) is 1. The van der Waals surface area contributed by atoms with Crippen molar-refractivity contribution in [3.63, 3.8) is 0 Å². The van der Waals surface area contributed by atoms with Crippen LogP contribution in [-0.4, -0.2) is 18.5 Å². The summed E-state index contributed by atoms with van der Waals surface area (Å²) in [7, 11) is 0. The van der Waals surface area contributed by atoms with Crippen LogP contribution in [0.3, 0.4) is 0 Å². The molecule has 1 N–H and O–H groups in total. The van der Waals surface area contributed by atoms with Gasteiger partial charge in [0.25, 0.3) is 5.91 Å². The van der Waals surface area contributed by atoms with Gasteiger partial charge in [0, 0.05) is 11.6 Å². The average Bonchev–Trinajstić information content (AvgIpc) is 2.54. The molecule has 4 nitrogen and oxygen atoms in total. The minimum Gasteiger partial charge on any atom is -0.452 e. The van der Waals surface area contributed by atoms with E-state index in [0.717, 1.165) is 18.2 Å². The van der Waals surface area contributed by atoms with E-state index in [1.165, 1.54) is 18.2 Å². The van der Waals surface area contributed by atoms with Crippen LogP contribution in [0.5, 0.6) is 0 Å². The van der Waals surface area contributed by atoms with Crippen LogP contribution in [-0.2, 0) is 16.1 Å². The van der Waals surface area contributed by atoms with Gasteiger partial charge in [0.1, 0.15) is 11.6 Å². The van der Waals surface area contributed by atoms with Crippen molar-refractivity contribution in [1.82, 2.24) is 5.32 Å². The zero-order valence-electron chi connectivity index (χ0n) is 12.1. The number of carbonyl (C=O) groups excluding carboxylic acids is 2. The smallest absolute Gasteiger partial charge is 0.338 e. The molecule has 0 unspecified atom stereocenters. The van der Waals surface area contributed by atoms with Gasteiger partial charge in [0.2, 0.25) is 0 Å². The summed E-state index contributed by atoms with van der Waals surface area (Å²) in [4.78, 5) is 23.4. The Morgan fingerprint density at radius 1 is 1.04 bits per heavy atom. The molecule has 2 rings (SSSR count). The van der Waals surface area contributed by atoms with Crippen LogP contribution < -0.4 is 5.32 Å². The fourth-order valence-electron chi connectivity index (χ4n) is 1.75. The zero-order valence-corrected chi connectivity index (χ0v) is 13.6. The normalized spacial score (nSPS) is 10.3. The van der Waals surface area contributed by atoms with Crippen LogP contribution in [0.1, 0.15) is 15.9 Å². The molecule has 0 aromatic heterocycles. The topological polar surface area (TPSA) is 55.4 Å². The molecule has 126 valence electrons. The lowest BCUT2D eigenvalue weighted by atomic mass is 10.2. The van der Waals surface area contributed by atoms with E-state index >= 15 is 0 Å². The molecule has 0 aliphatic carbocycles. The molecule has 0 radical (unpaired) electrons. The first kappa shape index (κ1) is 18.2. The van der Waals surface area contributed by atoms with Gasteiger partial charge >= 0.3 is 5.97 Å². The van der Waals surface area contributed by atoms with E-state index in [-0.39, 0.29) is 22.2 Å². The molecule has 0 spiro atoms. The van der Waals surface area contributed by atoms with Crippen molar-refractivity contribution >= 4 is 35.1 Å². The van der Waals surface area contributed by atoms with E-state index in [0.29, 0.717) is 5.56 Å². The van der Waals surface area contributed by atoms with E-state index in [1.807, 2.05) is 0 Å². The highest BCUT2D eigenvalue weighted by molar-refractivity contribution is 6.31. The van der Waals surface area contributed by atoms with Gasteiger partial charge in [-0.15, -0.1) is 0 Å². The molecular weight excluding hydrogens is 363 g/mol. The number of benzene rings is 2. The van der Waals surface area contributed by atoms with Crippen LogP contribution >= 0.6 is 23.2 Å². The molecule has 24 heavy (non-hydrogen) atoms. The third kappa shape index (κ3) is 4.91. The van der Waals surface area contributed by atoms with E-state index < -0.39 is 30.1 Å². The number of halogens is 4. The number of hydrogen-bond acceptors (Lipinski definition) is 3. The Kier molecular flexibility index (Phi) is 6.11. The monoisotopic (exact) mass is 373 g/mol. The fraction of sp³-hybridized carbons (Fsp3) is 0.125. The van der Waals surface area contributed by atoms with Crippen molar-refractivity contribution < 1.29 is 23.1 Å². The molecule has 0 atom stereocenters. The Balaban J connectivity index is 1.84. The minimum absolute atomic E-state index is 0.0239. The van der Waals surface area contributed by atoms with Crippen LogP contribution in [0.4, 0.5) is 8.78 Å². The predicted molar refractivity (Wildman–Crippen MR) is 84.9 cm³/mol. The predicted octanol–water partition coefficient (Wildman–Crippen LogP) is 3.74. The molecule has 0 heterocycles. The molecule has 0 saturated carbocycles. The lowest BCUT2D eigenvalue weighted by Crippen LogP contribution is -2.28. The Bertz CT molecular complexity index is 784. The summed E-state index contributed by atoms with van der Waals surface area (Å²) in [5.74, 6) is -2.53. The SMILES string of the molecule is O=C(COC(=O)c1ccc(F)c(Cl)c1)NCc1ccc(F)cc1Cl. The average molecular weight is 374 g/mol. The Labute approximate surface area is 146 Å². The third-order valence-corrected chi connectivity index (χ3v) is 3.62. The molecule has 8 heteroatoms. The fourth-order valence-corrected chi connectivity index (χ4v) is 2.16. The Morgan fingerprint density at radius 2 is 1.79 bits per heavy atom. The van der Waals surface area contributed by atoms with Gasteiger partial charge in [0.05, 0.1) is 10.6 Å². The van der Waals surface area contributed by atoms with Crippen molar-refractivity contribution in [3.8, 4) is 0 Å². The van der Waals surface area contributed by atoms with Gasteiger partial charge in [-0.05, 0) is 35.9 Å². The summed E-state index contributed by atoms with van der Waals surface area (Å²) in [6.45, 7) is -0.482. The van der Waals surface area contributed by atoms with E-state index in [9.17, 15) is 18.4 Å². The van der Waals surface area contributed by atoms with Crippen molar-refractivity contribution in [2.24, 2.45) is 0 Å². The van der Waals surface area contributed by atoms with Crippen LogP contribution in [0.25, 0.3) is 0 Å². The van der Waals surface area contributed by atoms with Crippen LogP contribution in [0, 0.1) is 11.6 Å². The van der Waals surface area contributed by atoms with Crippen LogP contribution in [0.2, 0.25) is 10.0 Å². The van der Waals surface area contributed by atoms with E-state index in [4.69, 9.17) is 27.9 Å². The lowest BCUT2D eigenvalue weighted by molar-refractivity contribution is -0.124. The number of esters is 1. The van der Waals surface area contributed by atoms with E-state index in [2.05, 4.69) is 5.32 Å². The summed E-state index contributed by atoms with van der Waals surface area (Å²) in [5, 5.41) is 2.43.